The van der Waals surface area contributed by atoms with Crippen LogP contribution in [0.25, 0.3) is 22.2 Å². The first-order valence-corrected chi connectivity index (χ1v) is 14.9. The lowest BCUT2D eigenvalue weighted by Crippen LogP contribution is -2.43. The number of hydrogen-bond acceptors (Lipinski definition) is 7. The number of aliphatic hydroxyl groups is 1. The van der Waals surface area contributed by atoms with Crippen LogP contribution < -0.4 is 20.5 Å². The van der Waals surface area contributed by atoms with Gasteiger partial charge in [0.25, 0.3) is 5.91 Å². The predicted octanol–water partition coefficient (Wildman–Crippen LogP) is 5.25. The maximum absolute atomic E-state index is 15.1. The number of halogens is 4. The summed E-state index contributed by atoms with van der Waals surface area (Å²) in [6, 6.07) is 7.42. The minimum atomic E-state index is -1.79. The summed E-state index contributed by atoms with van der Waals surface area (Å²) in [5.74, 6) is -5.18. The molecule has 1 atom stereocenters. The fraction of sp³-hybridized carbons (Fsp3) is 0.312. The summed E-state index contributed by atoms with van der Waals surface area (Å²) in [6.45, 7) is 3.22. The van der Waals surface area contributed by atoms with E-state index in [1.54, 1.807) is 13.0 Å². The first kappa shape index (κ1) is 32.2. The van der Waals surface area contributed by atoms with Crippen LogP contribution in [-0.2, 0) is 16.8 Å². The maximum atomic E-state index is 15.1. The van der Waals surface area contributed by atoms with Gasteiger partial charge in [-0.15, -0.1) is 0 Å². The highest BCUT2D eigenvalue weighted by atomic mass is 79.9. The Morgan fingerprint density at radius 1 is 1.09 bits per heavy atom. The van der Waals surface area contributed by atoms with Crippen LogP contribution in [-0.4, -0.2) is 47.2 Å². The Morgan fingerprint density at radius 3 is 2.44 bits per heavy atom. The highest BCUT2D eigenvalue weighted by Gasteiger charge is 2.47. The number of carbonyl (C=O) groups excluding carboxylic acids is 2. The second kappa shape index (κ2) is 12.6. The van der Waals surface area contributed by atoms with Gasteiger partial charge in [0.1, 0.15) is 34.1 Å². The van der Waals surface area contributed by atoms with E-state index in [4.69, 9.17) is 15.2 Å². The van der Waals surface area contributed by atoms with E-state index in [-0.39, 0.29) is 53.8 Å². The Labute approximate surface area is 265 Å². The number of fused-ring (bicyclic) bond motifs is 1. The van der Waals surface area contributed by atoms with Gasteiger partial charge in [0.2, 0.25) is 5.91 Å². The molecule has 236 valence electrons. The van der Waals surface area contributed by atoms with Crippen molar-refractivity contribution in [1.82, 2.24) is 15.3 Å². The van der Waals surface area contributed by atoms with Gasteiger partial charge in [-0.25, -0.2) is 23.1 Å². The number of hydrogen-bond donors (Lipinski definition) is 3. The lowest BCUT2D eigenvalue weighted by Gasteiger charge is -2.30. The molecule has 0 spiro atoms. The van der Waals surface area contributed by atoms with E-state index < -0.39 is 40.4 Å². The minimum Gasteiger partial charge on any atom is -0.494 e. The van der Waals surface area contributed by atoms with E-state index >= 15 is 4.39 Å². The fourth-order valence-electron chi connectivity index (χ4n) is 5.25. The standard InChI is InChI=1S/C32H30BrF3N4O5/c1-4-45-30-17(11-27(37)41)10-26(40-29(30)20-12-23(35)24(36)13-22(20)34)32(43,19-5-6-19)14-38-31(42)18-7-16-8-21(33)15(2)39-28(16)25(9-18)44-3/h7-10,12-13,19,43H,4-6,11,14H2,1-3H3,(H2,37,41)(H,38,42)/t32-/m1/s1. The molecule has 1 aliphatic carbocycles. The van der Waals surface area contributed by atoms with Crippen molar-refractivity contribution in [3.05, 3.63) is 80.8 Å². The van der Waals surface area contributed by atoms with Gasteiger partial charge in [-0.2, -0.15) is 0 Å². The number of pyridine rings is 2. The molecule has 0 radical (unpaired) electrons. The van der Waals surface area contributed by atoms with Crippen LogP contribution in [0.3, 0.4) is 0 Å². The zero-order valence-corrected chi connectivity index (χ0v) is 26.2. The topological polar surface area (TPSA) is 137 Å². The highest BCUT2D eigenvalue weighted by molar-refractivity contribution is 9.10. The molecule has 2 amide bonds. The zero-order valence-electron chi connectivity index (χ0n) is 24.6. The summed E-state index contributed by atoms with van der Waals surface area (Å²) in [5.41, 5.74) is 4.70. The number of benzene rings is 2. The summed E-state index contributed by atoms with van der Waals surface area (Å²) < 4.78 is 55.1. The Bertz CT molecular complexity index is 1840. The summed E-state index contributed by atoms with van der Waals surface area (Å²) in [6.07, 6.45) is 0.796. The SMILES string of the molecule is CCOc1c(CC(N)=O)cc([C@@](O)(CNC(=O)c2cc(OC)c3nc(C)c(Br)cc3c2)C2CC2)nc1-c1cc(F)c(F)cc1F. The van der Waals surface area contributed by atoms with Crippen molar-refractivity contribution in [2.24, 2.45) is 11.7 Å². The molecule has 1 saturated carbocycles. The van der Waals surface area contributed by atoms with E-state index in [1.165, 1.54) is 19.2 Å². The number of nitrogens with two attached hydrogens (primary N) is 1. The second-order valence-corrected chi connectivity index (χ2v) is 11.7. The van der Waals surface area contributed by atoms with Gasteiger partial charge < -0.3 is 25.6 Å². The number of aromatic nitrogens is 2. The van der Waals surface area contributed by atoms with Crippen molar-refractivity contribution < 1.29 is 37.3 Å². The fourth-order valence-corrected chi connectivity index (χ4v) is 5.58. The second-order valence-electron chi connectivity index (χ2n) is 10.9. The Balaban J connectivity index is 1.57. The van der Waals surface area contributed by atoms with Crippen molar-refractivity contribution in [2.45, 2.75) is 38.7 Å². The molecule has 13 heteroatoms. The monoisotopic (exact) mass is 686 g/mol. The molecule has 9 nitrogen and oxygen atoms in total. The van der Waals surface area contributed by atoms with Crippen LogP contribution in [0.5, 0.6) is 11.5 Å². The molecule has 0 aliphatic heterocycles. The van der Waals surface area contributed by atoms with Crippen molar-refractivity contribution in [1.29, 1.82) is 0 Å². The summed E-state index contributed by atoms with van der Waals surface area (Å²) in [5, 5.41) is 15.5. The molecule has 4 N–H and O–H groups in total. The highest BCUT2D eigenvalue weighted by Crippen LogP contribution is 2.47. The number of nitrogens with one attached hydrogen (secondary N) is 1. The maximum Gasteiger partial charge on any atom is 0.251 e. The number of carbonyl (C=O) groups is 2. The number of primary amides is 1. The third-order valence-electron chi connectivity index (χ3n) is 7.68. The number of nitrogens with zero attached hydrogens (tertiary/aromatic N) is 2. The van der Waals surface area contributed by atoms with E-state index in [0.29, 0.717) is 41.6 Å². The Kier molecular flexibility index (Phi) is 9.04. The van der Waals surface area contributed by atoms with Gasteiger partial charge >= 0.3 is 0 Å². The molecule has 0 bridgehead atoms. The van der Waals surface area contributed by atoms with Crippen LogP contribution in [0.1, 0.15) is 47.1 Å². The van der Waals surface area contributed by atoms with Gasteiger partial charge in [0.15, 0.2) is 11.6 Å². The van der Waals surface area contributed by atoms with Crippen molar-refractivity contribution >= 4 is 38.6 Å². The third kappa shape index (κ3) is 6.45. The van der Waals surface area contributed by atoms with Gasteiger partial charge in [0.05, 0.1) is 38.1 Å². The van der Waals surface area contributed by atoms with Crippen molar-refractivity contribution in [2.75, 3.05) is 20.3 Å². The number of rotatable bonds is 11. The van der Waals surface area contributed by atoms with E-state index in [1.807, 2.05) is 13.0 Å². The molecule has 2 aromatic heterocycles. The van der Waals surface area contributed by atoms with Crippen molar-refractivity contribution in [3.63, 3.8) is 0 Å². The van der Waals surface area contributed by atoms with Crippen LogP contribution in [0.4, 0.5) is 13.2 Å². The Hall–Kier alpha value is -4.23. The molecular formula is C32H30BrF3N4O5. The lowest BCUT2D eigenvalue weighted by atomic mass is 9.90. The molecule has 0 unspecified atom stereocenters. The molecule has 0 saturated heterocycles. The van der Waals surface area contributed by atoms with Crippen LogP contribution in [0.15, 0.2) is 40.9 Å². The van der Waals surface area contributed by atoms with E-state index in [9.17, 15) is 23.5 Å². The van der Waals surface area contributed by atoms with Gasteiger partial charge in [-0.1, -0.05) is 0 Å². The first-order chi connectivity index (χ1) is 21.4. The van der Waals surface area contributed by atoms with Crippen LogP contribution >= 0.6 is 15.9 Å². The van der Waals surface area contributed by atoms with Crippen LogP contribution in [0, 0.1) is 30.3 Å². The summed E-state index contributed by atoms with van der Waals surface area (Å²) >= 11 is 3.46. The van der Waals surface area contributed by atoms with Gasteiger partial charge in [-0.05, 0) is 78.9 Å². The zero-order chi connectivity index (χ0) is 32.6. The van der Waals surface area contributed by atoms with Crippen molar-refractivity contribution in [3.8, 4) is 22.8 Å². The number of aryl methyl sites for hydroxylation is 1. The molecule has 5 rings (SSSR count). The average Bonchev–Trinajstić information content (AvgIpc) is 3.85. The van der Waals surface area contributed by atoms with Crippen LogP contribution in [0.2, 0.25) is 0 Å². The number of methoxy groups -OCH3 is 1. The molecule has 45 heavy (non-hydrogen) atoms. The number of amides is 2. The quantitative estimate of drug-likeness (QED) is 0.183. The molecule has 1 fully saturated rings. The smallest absolute Gasteiger partial charge is 0.251 e. The molecule has 2 aromatic carbocycles. The van der Waals surface area contributed by atoms with Gasteiger partial charge in [-0.3, -0.25) is 9.59 Å². The summed E-state index contributed by atoms with van der Waals surface area (Å²) in [7, 11) is 1.47. The molecule has 4 aromatic rings. The van der Waals surface area contributed by atoms with E-state index in [2.05, 4.69) is 31.2 Å². The largest absolute Gasteiger partial charge is 0.494 e. The lowest BCUT2D eigenvalue weighted by molar-refractivity contribution is -0.117. The first-order valence-electron chi connectivity index (χ1n) is 14.1. The van der Waals surface area contributed by atoms with Gasteiger partial charge in [0, 0.05) is 32.6 Å². The van der Waals surface area contributed by atoms with E-state index in [0.717, 1.165) is 10.2 Å². The third-order valence-corrected chi connectivity index (χ3v) is 8.48. The predicted molar refractivity (Wildman–Crippen MR) is 163 cm³/mol. The molecule has 1 aliphatic rings. The minimum absolute atomic E-state index is 0.0242. The molecule has 2 heterocycles. The number of ether oxygens (including phenoxy) is 2. The Morgan fingerprint density at radius 2 is 1.80 bits per heavy atom. The normalized spacial score (nSPS) is 14.2. The average molecular weight is 688 g/mol. The summed E-state index contributed by atoms with van der Waals surface area (Å²) in [4.78, 5) is 34.5. The molecular weight excluding hydrogens is 657 g/mol.